The molecule has 0 fully saturated rings. The van der Waals surface area contributed by atoms with Gasteiger partial charge in [-0.1, -0.05) is 23.5 Å². The summed E-state index contributed by atoms with van der Waals surface area (Å²) in [5, 5.41) is 0. The predicted octanol–water partition coefficient (Wildman–Crippen LogP) is 3.01. The van der Waals surface area contributed by atoms with Crippen LogP contribution in [0.5, 0.6) is 23.0 Å². The number of hydrogen-bond acceptors (Lipinski definition) is 6. The summed E-state index contributed by atoms with van der Waals surface area (Å²) in [6, 6.07) is 11.0. The number of methoxy groups -OCH3 is 2. The first-order valence-electron chi connectivity index (χ1n) is 8.87. The molecule has 4 rings (SSSR count). The first-order chi connectivity index (χ1) is 13.7. The number of rotatable bonds is 4. The van der Waals surface area contributed by atoms with E-state index in [0.29, 0.717) is 34.3 Å². The third-order valence-corrected chi connectivity index (χ3v) is 5.59. The quantitative estimate of drug-likeness (QED) is 0.673. The number of hydrogen-bond donors (Lipinski definition) is 0. The van der Waals surface area contributed by atoms with Crippen LogP contribution in [0, 0.1) is 0 Å². The van der Waals surface area contributed by atoms with Crippen molar-refractivity contribution in [2.45, 2.75) is 19.6 Å². The minimum absolute atomic E-state index is 0.128. The average molecular weight is 400 g/mol. The van der Waals surface area contributed by atoms with E-state index in [1.165, 1.54) is 11.3 Å². The molecule has 0 saturated carbocycles. The van der Waals surface area contributed by atoms with E-state index in [0.717, 1.165) is 10.2 Å². The summed E-state index contributed by atoms with van der Waals surface area (Å²) in [5.74, 6) is 2.20. The van der Waals surface area contributed by atoms with Crippen LogP contribution in [0.15, 0.2) is 41.4 Å². The van der Waals surface area contributed by atoms with E-state index in [9.17, 15) is 4.79 Å². The minimum Gasteiger partial charge on any atom is -0.495 e. The molecule has 3 aromatic rings. The lowest BCUT2D eigenvalue weighted by atomic mass is 10.2. The topological polar surface area (TPSA) is 71.3 Å². The second-order valence-electron chi connectivity index (χ2n) is 6.09. The molecule has 0 radical (unpaired) electrons. The van der Waals surface area contributed by atoms with Gasteiger partial charge in [0.05, 0.1) is 14.2 Å². The molecule has 1 aliphatic heterocycles. The zero-order valence-corrected chi connectivity index (χ0v) is 16.6. The van der Waals surface area contributed by atoms with Crippen LogP contribution >= 0.6 is 11.3 Å². The molecule has 8 heteroatoms. The van der Waals surface area contributed by atoms with Gasteiger partial charge in [-0.25, -0.2) is 0 Å². The maximum atomic E-state index is 12.8. The molecule has 0 spiro atoms. The normalized spacial score (nSPS) is 16.2. The zero-order valence-electron chi connectivity index (χ0n) is 15.8. The largest absolute Gasteiger partial charge is 0.495 e. The maximum absolute atomic E-state index is 12.8. The molecule has 0 aliphatic carbocycles. The van der Waals surface area contributed by atoms with Gasteiger partial charge in [0.1, 0.15) is 28.3 Å². The highest BCUT2D eigenvalue weighted by molar-refractivity contribution is 7.16. The number of nitrogens with zero attached hydrogens (tertiary/aromatic N) is 2. The molecular formula is C20H20N2O5S. The molecular weight excluding hydrogens is 380 g/mol. The van der Waals surface area contributed by atoms with Crippen molar-refractivity contribution < 1.29 is 23.7 Å². The lowest BCUT2D eigenvalue weighted by molar-refractivity contribution is -0.127. The van der Waals surface area contributed by atoms with E-state index in [1.54, 1.807) is 20.3 Å². The lowest BCUT2D eigenvalue weighted by Crippen LogP contribution is -2.36. The standard InChI is InChI=1S/C20H20N2O5S/c1-4-22-17-14(24-2)9-10-15(25-3)18(17)28-20(22)21-19(23)16-11-26-12-7-5-6-8-13(12)27-16/h5-10,16H,4,11H2,1-3H3/t16-/m0/s1. The van der Waals surface area contributed by atoms with Gasteiger partial charge in [0.15, 0.2) is 16.3 Å². The third kappa shape index (κ3) is 3.09. The Morgan fingerprint density at radius 3 is 2.61 bits per heavy atom. The highest BCUT2D eigenvalue weighted by atomic mass is 32.1. The van der Waals surface area contributed by atoms with Gasteiger partial charge in [-0.2, -0.15) is 4.99 Å². The smallest absolute Gasteiger partial charge is 0.292 e. The van der Waals surface area contributed by atoms with Gasteiger partial charge >= 0.3 is 0 Å². The summed E-state index contributed by atoms with van der Waals surface area (Å²) in [5.41, 5.74) is 0.854. The average Bonchev–Trinajstić information content (AvgIpc) is 3.10. The monoisotopic (exact) mass is 400 g/mol. The highest BCUT2D eigenvalue weighted by Crippen LogP contribution is 2.35. The molecule has 0 unspecified atom stereocenters. The van der Waals surface area contributed by atoms with Crippen LogP contribution in [0.3, 0.4) is 0 Å². The van der Waals surface area contributed by atoms with Crippen LogP contribution in [0.2, 0.25) is 0 Å². The van der Waals surface area contributed by atoms with E-state index in [1.807, 2.05) is 41.8 Å². The number of fused-ring (bicyclic) bond motifs is 2. The molecule has 0 saturated heterocycles. The van der Waals surface area contributed by atoms with Crippen LogP contribution in [-0.2, 0) is 11.3 Å². The summed E-state index contributed by atoms with van der Waals surface area (Å²) >= 11 is 1.38. The number of aromatic nitrogens is 1. The molecule has 7 nitrogen and oxygen atoms in total. The Balaban J connectivity index is 1.76. The second kappa shape index (κ2) is 7.55. The van der Waals surface area contributed by atoms with Crippen molar-refractivity contribution in [1.82, 2.24) is 4.57 Å². The van der Waals surface area contributed by atoms with Crippen molar-refractivity contribution >= 4 is 27.5 Å². The Morgan fingerprint density at radius 1 is 1.18 bits per heavy atom. The van der Waals surface area contributed by atoms with Crippen LogP contribution < -0.4 is 23.7 Å². The fourth-order valence-electron chi connectivity index (χ4n) is 3.14. The van der Waals surface area contributed by atoms with Crippen molar-refractivity contribution in [3.8, 4) is 23.0 Å². The van der Waals surface area contributed by atoms with Crippen LogP contribution in [0.25, 0.3) is 10.2 Å². The number of carbonyl (C=O) groups excluding carboxylic acids is 1. The van der Waals surface area contributed by atoms with Gasteiger partial charge in [0, 0.05) is 6.54 Å². The number of carbonyl (C=O) groups is 1. The van der Waals surface area contributed by atoms with Gasteiger partial charge in [-0.3, -0.25) is 4.79 Å². The SMILES string of the molecule is CCn1c(=NC(=O)[C@@H]2COc3ccccc3O2)sc2c(OC)ccc(OC)c21. The van der Waals surface area contributed by atoms with Gasteiger partial charge in [0.25, 0.3) is 5.91 Å². The minimum atomic E-state index is -0.783. The highest BCUT2D eigenvalue weighted by Gasteiger charge is 2.27. The third-order valence-electron chi connectivity index (χ3n) is 4.50. The molecule has 2 aromatic carbocycles. The Bertz CT molecular complexity index is 1100. The number of benzene rings is 2. The van der Waals surface area contributed by atoms with Gasteiger partial charge < -0.3 is 23.5 Å². The van der Waals surface area contributed by atoms with E-state index in [-0.39, 0.29) is 12.5 Å². The van der Waals surface area contributed by atoms with Crippen molar-refractivity contribution in [3.05, 3.63) is 41.2 Å². The summed E-state index contributed by atoms with van der Waals surface area (Å²) in [6.07, 6.45) is -0.783. The van der Waals surface area contributed by atoms with E-state index < -0.39 is 6.10 Å². The molecule has 146 valence electrons. The Kier molecular flexibility index (Phi) is 4.95. The molecule has 1 aliphatic rings. The summed E-state index contributed by atoms with van der Waals surface area (Å²) in [7, 11) is 3.23. The number of aryl methyl sites for hydroxylation is 1. The maximum Gasteiger partial charge on any atom is 0.292 e. The first-order valence-corrected chi connectivity index (χ1v) is 9.69. The second-order valence-corrected chi connectivity index (χ2v) is 7.07. The molecule has 0 N–H and O–H groups in total. The van der Waals surface area contributed by atoms with Crippen LogP contribution in [0.4, 0.5) is 0 Å². The van der Waals surface area contributed by atoms with E-state index in [4.69, 9.17) is 18.9 Å². The van der Waals surface area contributed by atoms with Crippen molar-refractivity contribution in [1.29, 1.82) is 0 Å². The molecule has 0 bridgehead atoms. The fourth-order valence-corrected chi connectivity index (χ4v) is 4.35. The Morgan fingerprint density at radius 2 is 1.89 bits per heavy atom. The number of thiazole rings is 1. The molecule has 1 aromatic heterocycles. The van der Waals surface area contributed by atoms with Gasteiger partial charge in [-0.05, 0) is 31.2 Å². The van der Waals surface area contributed by atoms with E-state index in [2.05, 4.69) is 4.99 Å². The molecule has 2 heterocycles. The Hall–Kier alpha value is -3.00. The van der Waals surface area contributed by atoms with Gasteiger partial charge in [-0.15, -0.1) is 0 Å². The van der Waals surface area contributed by atoms with Crippen molar-refractivity contribution in [2.75, 3.05) is 20.8 Å². The number of ether oxygens (including phenoxy) is 4. The summed E-state index contributed by atoms with van der Waals surface area (Å²) < 4.78 is 25.2. The van der Waals surface area contributed by atoms with Gasteiger partial charge in [0.2, 0.25) is 6.10 Å². The molecule has 28 heavy (non-hydrogen) atoms. The number of para-hydroxylation sites is 2. The predicted molar refractivity (Wildman–Crippen MR) is 106 cm³/mol. The van der Waals surface area contributed by atoms with Crippen molar-refractivity contribution in [2.24, 2.45) is 4.99 Å². The number of amides is 1. The van der Waals surface area contributed by atoms with Crippen LogP contribution in [0.1, 0.15) is 6.92 Å². The Labute approximate surface area is 165 Å². The van der Waals surface area contributed by atoms with Crippen LogP contribution in [-0.4, -0.2) is 37.4 Å². The zero-order chi connectivity index (χ0) is 19.7. The fraction of sp³-hybridized carbons (Fsp3) is 0.300. The summed E-state index contributed by atoms with van der Waals surface area (Å²) in [4.78, 5) is 17.7. The van der Waals surface area contributed by atoms with Crippen molar-refractivity contribution in [3.63, 3.8) is 0 Å². The lowest BCUT2D eigenvalue weighted by Gasteiger charge is -2.23. The molecule has 1 atom stereocenters. The molecule has 1 amide bonds. The van der Waals surface area contributed by atoms with E-state index >= 15 is 0 Å². The first kappa shape index (κ1) is 18.4. The summed E-state index contributed by atoms with van der Waals surface area (Å²) in [6.45, 7) is 2.74.